The molecule has 1 aromatic carbocycles. The van der Waals surface area contributed by atoms with Crippen LogP contribution in [0.5, 0.6) is 0 Å². The molecule has 2 aromatic heterocycles. The molecule has 0 unspecified atom stereocenters. The lowest BCUT2D eigenvalue weighted by Gasteiger charge is -2.15. The number of hydrogen-bond donors (Lipinski definition) is 1. The molecule has 0 radical (unpaired) electrons. The first-order valence-corrected chi connectivity index (χ1v) is 6.33. The van der Waals surface area contributed by atoms with E-state index in [0.29, 0.717) is 12.2 Å². The molecule has 0 fully saturated rings. The zero-order chi connectivity index (χ0) is 13.9. The number of carbonyl (C=O) groups is 1. The molecule has 0 aliphatic carbocycles. The van der Waals surface area contributed by atoms with Gasteiger partial charge in [0.1, 0.15) is 0 Å². The van der Waals surface area contributed by atoms with Crippen molar-refractivity contribution >= 4 is 16.8 Å². The molecule has 5 heteroatoms. The van der Waals surface area contributed by atoms with Gasteiger partial charge in [-0.05, 0) is 17.7 Å². The van der Waals surface area contributed by atoms with E-state index < -0.39 is 0 Å². The van der Waals surface area contributed by atoms with Crippen molar-refractivity contribution < 1.29 is 4.79 Å². The van der Waals surface area contributed by atoms with E-state index >= 15 is 0 Å². The maximum atomic E-state index is 12.4. The van der Waals surface area contributed by atoms with Crippen molar-refractivity contribution in [3.05, 3.63) is 60.0 Å². The Morgan fingerprint density at radius 1 is 1.25 bits per heavy atom. The zero-order valence-corrected chi connectivity index (χ0v) is 11.1. The molecule has 20 heavy (non-hydrogen) atoms. The number of hydrogen-bond acceptors (Lipinski definition) is 3. The second-order valence-corrected chi connectivity index (χ2v) is 4.64. The topological polar surface area (TPSA) is 61.9 Å². The number of benzene rings is 1. The van der Waals surface area contributed by atoms with Crippen LogP contribution in [0, 0.1) is 0 Å². The Hall–Kier alpha value is -2.69. The van der Waals surface area contributed by atoms with Crippen LogP contribution in [0.2, 0.25) is 0 Å². The van der Waals surface area contributed by atoms with Crippen LogP contribution in [0.1, 0.15) is 16.1 Å². The molecule has 5 nitrogen and oxygen atoms in total. The van der Waals surface area contributed by atoms with E-state index in [1.165, 1.54) is 0 Å². The minimum Gasteiger partial charge on any atom is -0.336 e. The lowest BCUT2D eigenvalue weighted by molar-refractivity contribution is 0.0781. The van der Waals surface area contributed by atoms with Gasteiger partial charge in [-0.25, -0.2) is 0 Å². The number of aromatic amines is 1. The fourth-order valence-electron chi connectivity index (χ4n) is 2.14. The summed E-state index contributed by atoms with van der Waals surface area (Å²) in [6.45, 7) is 0.508. The number of rotatable bonds is 3. The maximum absolute atomic E-state index is 12.4. The molecule has 0 aliphatic heterocycles. The largest absolute Gasteiger partial charge is 0.336 e. The number of nitrogens with zero attached hydrogens (tertiary/aromatic N) is 3. The molecular weight excluding hydrogens is 252 g/mol. The van der Waals surface area contributed by atoms with Gasteiger partial charge >= 0.3 is 0 Å². The first-order chi connectivity index (χ1) is 9.75. The van der Waals surface area contributed by atoms with Gasteiger partial charge in [0.15, 0.2) is 5.69 Å². The predicted molar refractivity (Wildman–Crippen MR) is 76.1 cm³/mol. The second kappa shape index (κ2) is 5.13. The lowest BCUT2D eigenvalue weighted by Crippen LogP contribution is -2.26. The van der Waals surface area contributed by atoms with Gasteiger partial charge in [-0.3, -0.25) is 14.9 Å². The molecular formula is C15H14N4O. The monoisotopic (exact) mass is 266 g/mol. The molecule has 2 heterocycles. The van der Waals surface area contributed by atoms with Crippen molar-refractivity contribution in [2.45, 2.75) is 6.54 Å². The van der Waals surface area contributed by atoms with Gasteiger partial charge in [-0.2, -0.15) is 5.10 Å². The zero-order valence-electron chi connectivity index (χ0n) is 11.1. The Balaban J connectivity index is 1.85. The highest BCUT2D eigenvalue weighted by Gasteiger charge is 2.18. The SMILES string of the molecule is CN(Cc1cccnc1)C(=O)c1n[nH]c2ccccc12. The van der Waals surface area contributed by atoms with Gasteiger partial charge in [0.25, 0.3) is 5.91 Å². The predicted octanol–water partition coefficient (Wildman–Crippen LogP) is 2.23. The summed E-state index contributed by atoms with van der Waals surface area (Å²) >= 11 is 0. The van der Waals surface area contributed by atoms with Crippen LogP contribution in [0.4, 0.5) is 0 Å². The van der Waals surface area contributed by atoms with Crippen LogP contribution >= 0.6 is 0 Å². The Labute approximate surface area is 116 Å². The lowest BCUT2D eigenvalue weighted by atomic mass is 10.2. The molecule has 100 valence electrons. The van der Waals surface area contributed by atoms with Gasteiger partial charge in [0.2, 0.25) is 0 Å². The quantitative estimate of drug-likeness (QED) is 0.790. The van der Waals surface area contributed by atoms with Crippen molar-refractivity contribution in [2.75, 3.05) is 7.05 Å². The van der Waals surface area contributed by atoms with Gasteiger partial charge < -0.3 is 4.90 Å². The van der Waals surface area contributed by atoms with E-state index in [1.54, 1.807) is 24.3 Å². The third kappa shape index (κ3) is 2.25. The Bertz CT molecular complexity index is 736. The number of para-hydroxylation sites is 1. The number of fused-ring (bicyclic) bond motifs is 1. The molecule has 1 amide bonds. The normalized spacial score (nSPS) is 10.7. The molecule has 0 atom stereocenters. The van der Waals surface area contributed by atoms with Gasteiger partial charge in [-0.15, -0.1) is 0 Å². The molecule has 0 saturated carbocycles. The van der Waals surface area contributed by atoms with Crippen molar-refractivity contribution in [3.63, 3.8) is 0 Å². The van der Waals surface area contributed by atoms with Crippen LogP contribution in [-0.4, -0.2) is 33.0 Å². The highest BCUT2D eigenvalue weighted by molar-refractivity contribution is 6.04. The van der Waals surface area contributed by atoms with E-state index in [4.69, 9.17) is 0 Å². The summed E-state index contributed by atoms with van der Waals surface area (Å²) in [5.41, 5.74) is 2.31. The summed E-state index contributed by atoms with van der Waals surface area (Å²) in [6, 6.07) is 11.4. The standard InChI is InChI=1S/C15H14N4O/c1-19(10-11-5-4-8-16-9-11)15(20)14-12-6-2-3-7-13(12)17-18-14/h2-9H,10H2,1H3,(H,17,18). The van der Waals surface area contributed by atoms with Gasteiger partial charge in [0.05, 0.1) is 5.52 Å². The summed E-state index contributed by atoms with van der Waals surface area (Å²) < 4.78 is 0. The first kappa shape index (κ1) is 12.3. The number of nitrogens with one attached hydrogen (secondary N) is 1. The smallest absolute Gasteiger partial charge is 0.275 e. The Kier molecular flexibility index (Phi) is 3.16. The molecule has 1 N–H and O–H groups in total. The van der Waals surface area contributed by atoms with Crippen molar-refractivity contribution in [3.8, 4) is 0 Å². The fourth-order valence-corrected chi connectivity index (χ4v) is 2.14. The molecule has 0 bridgehead atoms. The van der Waals surface area contributed by atoms with Gasteiger partial charge in [-0.1, -0.05) is 24.3 Å². The number of H-pyrrole nitrogens is 1. The summed E-state index contributed by atoms with van der Waals surface area (Å²) in [5, 5.41) is 7.85. The molecule has 0 aliphatic rings. The molecule has 3 rings (SSSR count). The average molecular weight is 266 g/mol. The molecule has 3 aromatic rings. The fraction of sp³-hybridized carbons (Fsp3) is 0.133. The Morgan fingerprint density at radius 2 is 2.10 bits per heavy atom. The van der Waals surface area contributed by atoms with Crippen LogP contribution < -0.4 is 0 Å². The molecule has 0 spiro atoms. The highest BCUT2D eigenvalue weighted by Crippen LogP contribution is 2.17. The van der Waals surface area contributed by atoms with Crippen LogP contribution in [0.15, 0.2) is 48.8 Å². The summed E-state index contributed by atoms with van der Waals surface area (Å²) in [5.74, 6) is -0.105. The van der Waals surface area contributed by atoms with Crippen molar-refractivity contribution in [2.24, 2.45) is 0 Å². The van der Waals surface area contributed by atoms with Gasteiger partial charge in [0, 0.05) is 31.4 Å². The second-order valence-electron chi connectivity index (χ2n) is 4.64. The van der Waals surface area contributed by atoms with Crippen molar-refractivity contribution in [1.29, 1.82) is 0 Å². The highest BCUT2D eigenvalue weighted by atomic mass is 16.2. The third-order valence-corrected chi connectivity index (χ3v) is 3.16. The Morgan fingerprint density at radius 3 is 2.90 bits per heavy atom. The summed E-state index contributed by atoms with van der Waals surface area (Å²) in [4.78, 5) is 18.1. The first-order valence-electron chi connectivity index (χ1n) is 6.33. The van der Waals surface area contributed by atoms with Crippen molar-refractivity contribution in [1.82, 2.24) is 20.1 Å². The number of pyridine rings is 1. The number of aromatic nitrogens is 3. The summed E-state index contributed by atoms with van der Waals surface area (Å²) in [6.07, 6.45) is 3.47. The van der Waals surface area contributed by atoms with E-state index in [1.807, 2.05) is 36.4 Å². The number of amides is 1. The summed E-state index contributed by atoms with van der Waals surface area (Å²) in [7, 11) is 1.76. The maximum Gasteiger partial charge on any atom is 0.275 e. The van der Waals surface area contributed by atoms with Crippen LogP contribution in [0.25, 0.3) is 10.9 Å². The van der Waals surface area contributed by atoms with E-state index in [9.17, 15) is 4.79 Å². The molecule has 0 saturated heterocycles. The third-order valence-electron chi connectivity index (χ3n) is 3.16. The van der Waals surface area contributed by atoms with E-state index in [-0.39, 0.29) is 5.91 Å². The van der Waals surface area contributed by atoms with Crippen LogP contribution in [0.3, 0.4) is 0 Å². The number of carbonyl (C=O) groups excluding carboxylic acids is 1. The van der Waals surface area contributed by atoms with Crippen LogP contribution in [-0.2, 0) is 6.54 Å². The van der Waals surface area contributed by atoms with E-state index in [0.717, 1.165) is 16.5 Å². The minimum atomic E-state index is -0.105. The average Bonchev–Trinajstić information content (AvgIpc) is 2.91. The minimum absolute atomic E-state index is 0.105. The van der Waals surface area contributed by atoms with E-state index in [2.05, 4.69) is 15.2 Å².